The van der Waals surface area contributed by atoms with Crippen LogP contribution < -0.4 is 68.6 Å². The summed E-state index contributed by atoms with van der Waals surface area (Å²) in [6, 6.07) is 18.5. The number of ether oxygens (including phenoxy) is 3. The molecule has 2 aromatic rings. The van der Waals surface area contributed by atoms with Crippen LogP contribution in [0.1, 0.15) is 0 Å². The van der Waals surface area contributed by atoms with Gasteiger partial charge in [-0.05, 0) is 24.3 Å². The molecule has 55 heavy (non-hydrogen) atoms. The number of aliphatic carboxylic acids is 1. The molecule has 0 unspecified atom stereocenters. The number of hydrogen-bond acceptors (Lipinski definition) is 13. The van der Waals surface area contributed by atoms with Crippen molar-refractivity contribution >= 4 is 32.9 Å². The number of hydrogen-bond donors (Lipinski definition) is 3. The normalized spacial score (nSPS) is 7.65. The number of aliphatic hydroxyl groups excluding tert-OH is 2. The zero-order chi connectivity index (χ0) is 44.7. The van der Waals surface area contributed by atoms with Gasteiger partial charge in [0.15, 0.2) is 13.3 Å². The molecule has 0 fully saturated rings. The van der Waals surface area contributed by atoms with Crippen molar-refractivity contribution in [2.24, 2.45) is 0 Å². The van der Waals surface area contributed by atoms with E-state index in [9.17, 15) is 30.1 Å². The standard InChI is InChI=1S/C10H11FO3.C8H10O2.C2H3FO2.2CH3F.CH4O.4F2.2FHO3S.2Na/c11-8-10(12)14-7-6-13-9-4-2-1-3-5-9;9-6-7-10-8-4-2-1-3-5-8;3-1-2(4)5;7*1-2;2*1-5(2,3)4;;/h1-5H,6-8H2;1-5,9H,6-7H2;1H2,(H,4,5);2*1H3;2H,1H3;;;;;2*(H,2,3,4);;/q;;;;;;;;;;;;2*+1/p-2. The summed E-state index contributed by atoms with van der Waals surface area (Å²) in [7, 11) is -8.83. The van der Waals surface area contributed by atoms with E-state index < -0.39 is 46.3 Å². The van der Waals surface area contributed by atoms with Crippen molar-refractivity contribution < 1.29 is 186 Å². The molecule has 0 saturated heterocycles. The quantitative estimate of drug-likeness (QED) is 0.0730. The van der Waals surface area contributed by atoms with Crippen LogP contribution in [0.25, 0.3) is 0 Å². The zero-order valence-electron chi connectivity index (χ0n) is 29.0. The molecule has 2 rings (SSSR count). The minimum absolute atomic E-state index is 0. The van der Waals surface area contributed by atoms with Crippen molar-refractivity contribution in [2.75, 3.05) is 61.2 Å². The molecule has 0 aliphatic heterocycles. The van der Waals surface area contributed by atoms with Gasteiger partial charge < -0.3 is 38.6 Å². The van der Waals surface area contributed by atoms with E-state index in [0.717, 1.165) is 12.9 Å². The van der Waals surface area contributed by atoms with Gasteiger partial charge in [0.2, 0.25) is 0 Å². The Hall–Kier alpha value is -2.26. The molecular formula is C23H34F14Na2O14S2. The van der Waals surface area contributed by atoms with E-state index in [1.807, 2.05) is 48.5 Å². The molecular weight excluding hydrogens is 876 g/mol. The Kier molecular flexibility index (Phi) is 124. The summed E-state index contributed by atoms with van der Waals surface area (Å²) in [4.78, 5) is 19.4. The second-order valence-electron chi connectivity index (χ2n) is 5.71. The molecule has 3 N–H and O–H groups in total. The molecule has 0 amide bonds. The number of rotatable bonds is 9. The molecule has 32 heteroatoms. The van der Waals surface area contributed by atoms with Gasteiger partial charge in [0.1, 0.15) is 31.3 Å². The number of carbonyl (C=O) groups excluding carboxylic acids is 1. The number of para-hydroxylation sites is 2. The van der Waals surface area contributed by atoms with Crippen LogP contribution in [-0.4, -0.2) is 114 Å². The van der Waals surface area contributed by atoms with Gasteiger partial charge in [-0.3, -0.25) is 8.78 Å². The second kappa shape index (κ2) is 80.3. The van der Waals surface area contributed by atoms with Gasteiger partial charge in [-0.2, -0.15) is 0 Å². The number of esters is 1. The van der Waals surface area contributed by atoms with Crippen molar-refractivity contribution in [3.63, 3.8) is 0 Å². The number of carbonyl (C=O) groups is 2. The molecule has 2 aromatic carbocycles. The number of carboxylic acids is 1. The molecule has 0 bridgehead atoms. The summed E-state index contributed by atoms with van der Waals surface area (Å²) in [5.41, 5.74) is 0. The van der Waals surface area contributed by atoms with E-state index in [1.165, 1.54) is 0 Å². The van der Waals surface area contributed by atoms with Crippen molar-refractivity contribution in [1.29, 1.82) is 0 Å². The summed E-state index contributed by atoms with van der Waals surface area (Å²) in [5, 5.41) is 22.7. The average molecular weight is 911 g/mol. The third-order valence-corrected chi connectivity index (χ3v) is 2.68. The first-order chi connectivity index (χ1) is 25.0. The Morgan fingerprint density at radius 2 is 0.836 bits per heavy atom. The minimum Gasteiger partial charge on any atom is -0.722 e. The molecule has 322 valence electrons. The van der Waals surface area contributed by atoms with Gasteiger partial charge in [0.25, 0.3) is 21.0 Å². The number of aliphatic hydroxyl groups is 2. The van der Waals surface area contributed by atoms with Crippen molar-refractivity contribution in [3.8, 4) is 11.5 Å². The molecule has 0 aliphatic carbocycles. The summed E-state index contributed by atoms with van der Waals surface area (Å²) < 4.78 is 191. The predicted molar refractivity (Wildman–Crippen MR) is 154 cm³/mol. The van der Waals surface area contributed by atoms with Crippen LogP contribution in [0, 0.1) is 0 Å². The van der Waals surface area contributed by atoms with Crippen LogP contribution in [0.3, 0.4) is 0 Å². The maximum Gasteiger partial charge on any atom is 1.00 e. The van der Waals surface area contributed by atoms with Crippen LogP contribution in [-0.2, 0) is 35.3 Å². The van der Waals surface area contributed by atoms with E-state index in [0.29, 0.717) is 26.7 Å². The number of halogens is 14. The summed E-state index contributed by atoms with van der Waals surface area (Å²) in [6.45, 7) is -1.64. The molecule has 0 spiro atoms. The Morgan fingerprint density at radius 1 is 0.600 bits per heavy atom. The maximum absolute atomic E-state index is 11.6. The molecule has 0 aliphatic rings. The fourth-order valence-corrected chi connectivity index (χ4v) is 1.55. The predicted octanol–water partition coefficient (Wildman–Crippen LogP) is -0.342. The molecule has 0 saturated carbocycles. The van der Waals surface area contributed by atoms with E-state index >= 15 is 0 Å². The summed E-state index contributed by atoms with van der Waals surface area (Å²) in [5.74, 6) is -0.771. The third kappa shape index (κ3) is 155. The van der Waals surface area contributed by atoms with E-state index in [2.05, 4.69) is 4.74 Å². The van der Waals surface area contributed by atoms with Gasteiger partial charge in [0, 0.05) is 43.7 Å². The van der Waals surface area contributed by atoms with E-state index in [1.54, 1.807) is 12.1 Å². The number of benzene rings is 2. The van der Waals surface area contributed by atoms with Crippen molar-refractivity contribution in [2.45, 2.75) is 0 Å². The van der Waals surface area contributed by atoms with Gasteiger partial charge in [-0.1, -0.05) is 36.4 Å². The Balaban J connectivity index is -0.0000000402. The Bertz CT molecular complexity index is 1080. The second-order valence-corrected chi connectivity index (χ2v) is 7.29. The van der Waals surface area contributed by atoms with Crippen LogP contribution in [0.15, 0.2) is 60.7 Å². The Morgan fingerprint density at radius 3 is 1.04 bits per heavy atom. The van der Waals surface area contributed by atoms with Gasteiger partial charge >= 0.3 is 71.1 Å². The fourth-order valence-electron chi connectivity index (χ4n) is 1.55. The van der Waals surface area contributed by atoms with E-state index in [4.69, 9.17) is 92.1 Å². The van der Waals surface area contributed by atoms with Crippen molar-refractivity contribution in [1.82, 2.24) is 0 Å². The Labute approximate surface area is 350 Å². The summed E-state index contributed by atoms with van der Waals surface area (Å²) in [6.07, 6.45) is 0. The van der Waals surface area contributed by atoms with Crippen molar-refractivity contribution in [3.05, 3.63) is 60.7 Å². The monoisotopic (exact) mass is 910 g/mol. The third-order valence-electron chi connectivity index (χ3n) is 2.68. The minimum atomic E-state index is -5.42. The van der Waals surface area contributed by atoms with Crippen LogP contribution in [0.5, 0.6) is 11.5 Å². The number of carboxylic acid groups (broad SMARTS) is 1. The zero-order valence-corrected chi connectivity index (χ0v) is 34.6. The fraction of sp³-hybridized carbons (Fsp3) is 0.391. The van der Waals surface area contributed by atoms with Gasteiger partial charge in [0.05, 0.1) is 21.0 Å². The SMILES string of the molecule is CF.CF.CO.FF.FF.FF.FF.O=C(CF)OCCOc1ccccc1.O=C(O)CF.O=S(=O)([O-])F.O=S(=O)([O-])F.OCCOc1ccccc1.[Na+].[Na+]. The first-order valence-electron chi connectivity index (χ1n) is 11.6. The van der Waals surface area contributed by atoms with E-state index in [-0.39, 0.29) is 78.9 Å². The number of alkyl halides is 4. The molecule has 0 radical (unpaired) electrons. The first kappa shape index (κ1) is 85.1. The molecule has 0 atom stereocenters. The van der Waals surface area contributed by atoms with Gasteiger partial charge in [-0.15, -0.1) is 7.77 Å². The summed E-state index contributed by atoms with van der Waals surface area (Å²) >= 11 is 0. The van der Waals surface area contributed by atoms with Crippen LogP contribution in [0.4, 0.5) is 61.9 Å². The molecule has 14 nitrogen and oxygen atoms in total. The maximum atomic E-state index is 11.6. The molecule has 0 heterocycles. The van der Waals surface area contributed by atoms with Crippen LogP contribution >= 0.6 is 0 Å². The molecule has 0 aromatic heterocycles. The topological polar surface area (TPSA) is 237 Å². The first-order valence-corrected chi connectivity index (χ1v) is 14.2. The largest absolute Gasteiger partial charge is 1.00 e. The average Bonchev–Trinajstić information content (AvgIpc) is 3.18. The smallest absolute Gasteiger partial charge is 0.722 e. The van der Waals surface area contributed by atoms with Gasteiger partial charge in [-0.25, -0.2) is 35.2 Å². The van der Waals surface area contributed by atoms with Crippen LogP contribution in [0.2, 0.25) is 0 Å².